The van der Waals surface area contributed by atoms with Crippen LogP contribution in [0.15, 0.2) is 68.8 Å². The van der Waals surface area contributed by atoms with Crippen molar-refractivity contribution in [2.75, 3.05) is 0 Å². The van der Waals surface area contributed by atoms with E-state index in [0.717, 1.165) is 10.6 Å². The predicted octanol–water partition coefficient (Wildman–Crippen LogP) is 6.63. The largest absolute Gasteiger partial charge is 0.0828 e. The van der Waals surface area contributed by atoms with Crippen molar-refractivity contribution in [1.82, 2.24) is 0 Å². The first kappa shape index (κ1) is 18.0. The molecule has 2 atom stereocenters. The maximum atomic E-state index is 6.68. The van der Waals surface area contributed by atoms with Crippen LogP contribution in [0.4, 0.5) is 0 Å². The molecule has 4 rings (SSSR count). The molecular weight excluding hydrogens is 375 g/mol. The minimum atomic E-state index is -0.729. The van der Waals surface area contributed by atoms with Crippen molar-refractivity contribution in [2.45, 2.75) is 32.9 Å². The summed E-state index contributed by atoms with van der Waals surface area (Å²) in [7, 11) is -0.729. The second-order valence-corrected chi connectivity index (χ2v) is 10.7. The van der Waals surface area contributed by atoms with Gasteiger partial charge in [0.25, 0.3) is 0 Å². The smallest absolute Gasteiger partial charge is 0.0597 e. The van der Waals surface area contributed by atoms with Crippen LogP contribution in [0, 0.1) is 12.0 Å². The average molecular weight is 396 g/mol. The van der Waals surface area contributed by atoms with Gasteiger partial charge >= 0.3 is 0 Å². The first-order chi connectivity index (χ1) is 12.4. The maximum Gasteiger partial charge on any atom is 0.0597 e. The number of benzene rings is 1. The van der Waals surface area contributed by atoms with Gasteiger partial charge in [0.15, 0.2) is 0 Å². The third kappa shape index (κ3) is 2.69. The normalized spacial score (nSPS) is 24.5. The van der Waals surface area contributed by atoms with Crippen molar-refractivity contribution in [3.8, 4) is 0 Å². The Bertz CT molecular complexity index is 995. The molecule has 0 fully saturated rings. The van der Waals surface area contributed by atoms with Crippen LogP contribution in [-0.4, -0.2) is 13.6 Å². The zero-order chi connectivity index (χ0) is 18.6. The second-order valence-electron chi connectivity index (χ2n) is 7.40. The van der Waals surface area contributed by atoms with E-state index in [1.54, 1.807) is 0 Å². The lowest BCUT2D eigenvalue weighted by Gasteiger charge is -2.24. The van der Waals surface area contributed by atoms with Crippen molar-refractivity contribution >= 4 is 42.9 Å². The van der Waals surface area contributed by atoms with Gasteiger partial charge in [-0.3, -0.25) is 0 Å². The van der Waals surface area contributed by atoms with Crippen LogP contribution in [0.2, 0.25) is 13.1 Å². The summed E-state index contributed by atoms with van der Waals surface area (Å²) in [5.41, 5.74) is 7.73. The summed E-state index contributed by atoms with van der Waals surface area (Å²) >= 11 is 13.2. The molecule has 0 spiro atoms. The Balaban J connectivity index is 1.96. The second kappa shape index (κ2) is 6.63. The number of fused-ring (bicyclic) bond motifs is 2. The van der Waals surface area contributed by atoms with E-state index in [1.165, 1.54) is 33.0 Å². The number of allylic oxidation sites excluding steroid dienone is 9. The molecule has 0 saturated heterocycles. The van der Waals surface area contributed by atoms with Crippen LogP contribution in [0.1, 0.15) is 30.9 Å². The van der Waals surface area contributed by atoms with E-state index in [9.17, 15) is 0 Å². The van der Waals surface area contributed by atoms with Gasteiger partial charge < -0.3 is 0 Å². The van der Waals surface area contributed by atoms with Crippen molar-refractivity contribution in [1.29, 1.82) is 0 Å². The van der Waals surface area contributed by atoms with E-state index in [4.69, 9.17) is 23.2 Å². The zero-order valence-electron chi connectivity index (χ0n) is 15.5. The third-order valence-electron chi connectivity index (χ3n) is 5.54. The monoisotopic (exact) mass is 395 g/mol. The van der Waals surface area contributed by atoms with Gasteiger partial charge in [-0.05, 0) is 57.7 Å². The fourth-order valence-electron chi connectivity index (χ4n) is 4.47. The first-order valence-corrected chi connectivity index (χ1v) is 12.2. The summed E-state index contributed by atoms with van der Waals surface area (Å²) in [5, 5.41) is 2.70. The molecule has 3 aliphatic carbocycles. The summed E-state index contributed by atoms with van der Waals surface area (Å²) in [4.78, 5) is 0. The Morgan fingerprint density at radius 3 is 2.54 bits per heavy atom. The molecule has 1 aromatic rings. The molecule has 3 aliphatic rings. The van der Waals surface area contributed by atoms with Gasteiger partial charge in [-0.15, -0.1) is 0 Å². The Morgan fingerprint density at radius 2 is 1.81 bits per heavy atom. The molecule has 0 bridgehead atoms. The average Bonchev–Trinajstić information content (AvgIpc) is 3.12. The van der Waals surface area contributed by atoms with Crippen molar-refractivity contribution in [2.24, 2.45) is 5.92 Å². The lowest BCUT2D eigenvalue weighted by atomic mass is 9.83. The predicted molar refractivity (Wildman–Crippen MR) is 116 cm³/mol. The fraction of sp³-hybridized carbons (Fsp3) is 0.261. The van der Waals surface area contributed by atoms with Crippen LogP contribution in [-0.2, 0) is 0 Å². The summed E-state index contributed by atoms with van der Waals surface area (Å²) < 4.78 is 0. The Hall–Kier alpha value is -1.41. The minimum absolute atomic E-state index is 0.259. The highest BCUT2D eigenvalue weighted by atomic mass is 35.5. The molecule has 0 saturated carbocycles. The molecule has 2 unspecified atom stereocenters. The highest BCUT2D eigenvalue weighted by Gasteiger charge is 2.35. The number of halogens is 2. The molecule has 0 heterocycles. The standard InChI is InChI=1S/C23H21Cl2Si/c1-13-11-16-12-19(24)22(25)23(26(3)4)14(2)21(16)20(13)18-10-9-15-7-5-6-8-17(15)18/h5-10,12,14,18H,1-4H3. The molecule has 0 amide bonds. The molecule has 26 heavy (non-hydrogen) atoms. The first-order valence-electron chi connectivity index (χ1n) is 8.97. The van der Waals surface area contributed by atoms with Crippen molar-refractivity contribution in [3.63, 3.8) is 0 Å². The highest BCUT2D eigenvalue weighted by Crippen LogP contribution is 2.48. The summed E-state index contributed by atoms with van der Waals surface area (Å²) in [6.07, 6.45) is 10.1. The fourth-order valence-corrected chi connectivity index (χ4v) is 7.13. The molecule has 1 radical (unpaired) electrons. The summed E-state index contributed by atoms with van der Waals surface area (Å²) in [6, 6.07) is 8.65. The van der Waals surface area contributed by atoms with Gasteiger partial charge in [0.1, 0.15) is 0 Å². The lowest BCUT2D eigenvalue weighted by molar-refractivity contribution is 0.903. The topological polar surface area (TPSA) is 0 Å². The van der Waals surface area contributed by atoms with Crippen molar-refractivity contribution in [3.05, 3.63) is 86.0 Å². The van der Waals surface area contributed by atoms with Crippen LogP contribution in [0.3, 0.4) is 0 Å². The Morgan fingerprint density at radius 1 is 1.08 bits per heavy atom. The molecule has 3 heteroatoms. The van der Waals surface area contributed by atoms with Crippen LogP contribution < -0.4 is 0 Å². The molecule has 0 N–H and O–H groups in total. The van der Waals surface area contributed by atoms with Crippen LogP contribution in [0.25, 0.3) is 6.08 Å². The number of hydrogen-bond donors (Lipinski definition) is 0. The van der Waals surface area contributed by atoms with Gasteiger partial charge in [0.05, 0.1) is 10.1 Å². The minimum Gasteiger partial charge on any atom is -0.0828 e. The van der Waals surface area contributed by atoms with Gasteiger partial charge in [0.2, 0.25) is 0 Å². The molecule has 0 aliphatic heterocycles. The number of rotatable bonds is 1. The van der Waals surface area contributed by atoms with Gasteiger partial charge in [0, 0.05) is 20.2 Å². The van der Waals surface area contributed by atoms with Crippen LogP contribution >= 0.6 is 23.2 Å². The zero-order valence-corrected chi connectivity index (χ0v) is 18.0. The molecule has 131 valence electrons. The van der Waals surface area contributed by atoms with E-state index in [-0.39, 0.29) is 11.8 Å². The SMILES string of the molecule is CC1=[C]C2=CC(Cl)=C(Cl)C(=[Si](C)C)C(C)C2=C1C1C=Cc2ccccc21. The van der Waals surface area contributed by atoms with E-state index >= 15 is 0 Å². The number of hydrogen-bond acceptors (Lipinski definition) is 0. The van der Waals surface area contributed by atoms with Gasteiger partial charge in [-0.1, -0.05) is 79.6 Å². The van der Waals surface area contributed by atoms with Gasteiger partial charge in [-0.2, -0.15) is 0 Å². The lowest BCUT2D eigenvalue weighted by Crippen LogP contribution is -2.22. The maximum absolute atomic E-state index is 6.68. The molecular formula is C23H21Cl2Si. The quantitative estimate of drug-likeness (QED) is 0.467. The highest BCUT2D eigenvalue weighted by molar-refractivity contribution is 6.77. The molecule has 0 aromatic heterocycles. The van der Waals surface area contributed by atoms with Crippen LogP contribution in [0.5, 0.6) is 0 Å². The molecule has 1 aromatic carbocycles. The molecule has 0 nitrogen and oxygen atoms in total. The summed E-state index contributed by atoms with van der Waals surface area (Å²) in [6.45, 7) is 9.02. The third-order valence-corrected chi connectivity index (χ3v) is 8.26. The van der Waals surface area contributed by atoms with E-state index in [0.29, 0.717) is 5.03 Å². The van der Waals surface area contributed by atoms with E-state index in [1.807, 2.05) is 6.08 Å². The van der Waals surface area contributed by atoms with Crippen molar-refractivity contribution < 1.29 is 0 Å². The van der Waals surface area contributed by atoms with Gasteiger partial charge in [-0.25, -0.2) is 0 Å². The van der Waals surface area contributed by atoms with E-state index < -0.39 is 8.41 Å². The Labute approximate surface area is 167 Å². The Kier molecular flexibility index (Phi) is 4.59. The summed E-state index contributed by atoms with van der Waals surface area (Å²) in [5.74, 6) is 0.540. The van der Waals surface area contributed by atoms with E-state index in [2.05, 4.69) is 69.4 Å².